The van der Waals surface area contributed by atoms with E-state index in [2.05, 4.69) is 15.3 Å². The summed E-state index contributed by atoms with van der Waals surface area (Å²) < 4.78 is 0. The van der Waals surface area contributed by atoms with E-state index in [4.69, 9.17) is 5.11 Å². The number of carboxylic acids is 1. The quantitative estimate of drug-likeness (QED) is 0.747. The molecule has 3 N–H and O–H groups in total. The molecule has 100 valence electrons. The highest BCUT2D eigenvalue weighted by Gasteiger charge is 2.07. The highest BCUT2D eigenvalue weighted by atomic mass is 16.4. The van der Waals surface area contributed by atoms with Crippen LogP contribution in [0.5, 0.6) is 0 Å². The van der Waals surface area contributed by atoms with Gasteiger partial charge in [-0.05, 0) is 31.4 Å². The minimum atomic E-state index is -0.721. The van der Waals surface area contributed by atoms with E-state index in [-0.39, 0.29) is 6.42 Å². The monoisotopic (exact) mass is 260 g/mol. The van der Waals surface area contributed by atoms with Crippen LogP contribution in [0, 0.1) is 0 Å². The second-order valence-electron chi connectivity index (χ2n) is 4.43. The highest BCUT2D eigenvalue weighted by molar-refractivity contribution is 5.86. The normalized spacial score (nSPS) is 10.5. The number of anilines is 1. The summed E-state index contributed by atoms with van der Waals surface area (Å²) in [6.45, 7) is 0.824. The zero-order valence-electron chi connectivity index (χ0n) is 10.7. The van der Waals surface area contributed by atoms with Gasteiger partial charge in [0.1, 0.15) is 0 Å². The van der Waals surface area contributed by atoms with E-state index in [0.717, 1.165) is 42.5 Å². The molecule has 0 saturated heterocycles. The fraction of sp³-hybridized carbons (Fsp3) is 0.357. The molecule has 0 spiro atoms. The summed E-state index contributed by atoms with van der Waals surface area (Å²) >= 11 is 0. The van der Waals surface area contributed by atoms with Gasteiger partial charge in [0.25, 0.3) is 0 Å². The van der Waals surface area contributed by atoms with E-state index in [1.54, 1.807) is 6.33 Å². The Morgan fingerprint density at radius 3 is 2.95 bits per heavy atom. The molecule has 5 nitrogen and oxygen atoms in total. The first kappa shape index (κ1) is 13.3. The minimum Gasteiger partial charge on any atom is -0.481 e. The third-order valence-electron chi connectivity index (χ3n) is 2.96. The number of aromatic amines is 1. The Bertz CT molecular complexity index is 552. The van der Waals surface area contributed by atoms with Gasteiger partial charge in [-0.25, -0.2) is 4.98 Å². The number of rotatable bonds is 7. The molecule has 0 amide bonds. The number of unbranched alkanes of at least 4 members (excludes halogenated alkanes) is 2. The second kappa shape index (κ2) is 6.68. The third kappa shape index (κ3) is 3.91. The van der Waals surface area contributed by atoms with Crippen molar-refractivity contribution < 1.29 is 14.9 Å². The number of nitrogens with one attached hydrogen (secondary N) is 2. The average molecular weight is 260 g/mol. The molecule has 1 aromatic heterocycles. The van der Waals surface area contributed by atoms with Gasteiger partial charge in [0, 0.05) is 6.42 Å². The number of fused-ring (bicyclic) bond motifs is 1. The molecule has 0 aliphatic heterocycles. The molecular formula is C14H18N3O2+. The zero-order chi connectivity index (χ0) is 13.5. The first-order valence-corrected chi connectivity index (χ1v) is 6.48. The van der Waals surface area contributed by atoms with Crippen LogP contribution in [0.3, 0.4) is 0 Å². The Kier molecular flexibility index (Phi) is 4.66. The van der Waals surface area contributed by atoms with Gasteiger partial charge in [-0.3, -0.25) is 4.79 Å². The number of aliphatic carboxylic acids is 1. The number of hydrogen-bond donors (Lipinski definition) is 2. The Morgan fingerprint density at radius 2 is 2.11 bits per heavy atom. The van der Waals surface area contributed by atoms with E-state index in [9.17, 15) is 4.79 Å². The van der Waals surface area contributed by atoms with E-state index in [1.165, 1.54) is 0 Å². The lowest BCUT2D eigenvalue weighted by molar-refractivity contribution is -0.364. The summed E-state index contributed by atoms with van der Waals surface area (Å²) in [5, 5.41) is 12.9. The van der Waals surface area contributed by atoms with Crippen molar-refractivity contribution in [2.45, 2.75) is 25.7 Å². The maximum Gasteiger partial charge on any atom is 0.303 e. The minimum absolute atomic E-state index is 0.254. The zero-order valence-corrected chi connectivity index (χ0v) is 10.7. The Morgan fingerprint density at radius 1 is 1.26 bits per heavy atom. The van der Waals surface area contributed by atoms with E-state index in [0.29, 0.717) is 0 Å². The molecule has 0 bridgehead atoms. The molecule has 0 aliphatic carbocycles. The summed E-state index contributed by atoms with van der Waals surface area (Å²) in [4.78, 5) is 17.7. The number of benzene rings is 1. The van der Waals surface area contributed by atoms with Crippen LogP contribution in [0.2, 0.25) is 0 Å². The number of carbonyl (C=O) groups is 1. The Balaban J connectivity index is 1.83. The lowest BCUT2D eigenvalue weighted by atomic mass is 10.2. The van der Waals surface area contributed by atoms with Gasteiger partial charge in [-0.15, -0.1) is 4.98 Å². The smallest absolute Gasteiger partial charge is 0.303 e. The predicted octanol–water partition coefficient (Wildman–Crippen LogP) is 2.11. The fourth-order valence-electron chi connectivity index (χ4n) is 1.98. The molecule has 0 saturated carbocycles. The van der Waals surface area contributed by atoms with Gasteiger partial charge in [-0.2, -0.15) is 0 Å². The molecule has 2 rings (SSSR count). The van der Waals surface area contributed by atoms with Crippen molar-refractivity contribution in [2.24, 2.45) is 0 Å². The van der Waals surface area contributed by atoms with Gasteiger partial charge in [0.05, 0.1) is 11.9 Å². The molecular weight excluding hydrogens is 242 g/mol. The van der Waals surface area contributed by atoms with Crippen molar-refractivity contribution in [1.82, 2.24) is 4.98 Å². The van der Waals surface area contributed by atoms with Crippen molar-refractivity contribution >= 4 is 22.7 Å². The van der Waals surface area contributed by atoms with Crippen molar-refractivity contribution in [3.63, 3.8) is 0 Å². The summed E-state index contributed by atoms with van der Waals surface area (Å²) in [6, 6.07) is 7.94. The van der Waals surface area contributed by atoms with Crippen LogP contribution in [0.1, 0.15) is 25.7 Å². The maximum atomic E-state index is 10.4. The van der Waals surface area contributed by atoms with Gasteiger partial charge in [0.15, 0.2) is 5.52 Å². The number of hydrogen-bond acceptors (Lipinski definition) is 3. The summed E-state index contributed by atoms with van der Waals surface area (Å²) in [5.41, 5.74) is 0.953. The fourth-order valence-corrected chi connectivity index (χ4v) is 1.98. The van der Waals surface area contributed by atoms with Gasteiger partial charge < -0.3 is 10.4 Å². The van der Waals surface area contributed by atoms with E-state index < -0.39 is 5.97 Å². The molecule has 1 aromatic carbocycles. The lowest BCUT2D eigenvalue weighted by Crippen LogP contribution is -2.15. The van der Waals surface area contributed by atoms with Crippen molar-refractivity contribution in [2.75, 3.05) is 11.9 Å². The standard InChI is InChI=1S/C14H17N3O2/c18-13(19)8-2-1-5-9-15-14-11-6-3-4-7-12(11)16-10-17-14/h3-4,6-7,10H,1-2,5,8-9H2,(H,18,19)(H,15,16,17)/p+1. The van der Waals surface area contributed by atoms with Gasteiger partial charge in [0.2, 0.25) is 12.1 Å². The topological polar surface area (TPSA) is 76.4 Å². The predicted molar refractivity (Wildman–Crippen MR) is 72.9 cm³/mol. The van der Waals surface area contributed by atoms with Gasteiger partial charge >= 0.3 is 5.97 Å². The summed E-state index contributed by atoms with van der Waals surface area (Å²) in [5.74, 6) is 0.241. The summed E-state index contributed by atoms with van der Waals surface area (Å²) in [7, 11) is 0. The van der Waals surface area contributed by atoms with E-state index >= 15 is 0 Å². The van der Waals surface area contributed by atoms with Crippen molar-refractivity contribution in [3.8, 4) is 0 Å². The number of aromatic nitrogens is 2. The largest absolute Gasteiger partial charge is 0.481 e. The molecule has 0 atom stereocenters. The Labute approximate surface area is 111 Å². The van der Waals surface area contributed by atoms with Crippen LogP contribution in [-0.2, 0) is 4.79 Å². The SMILES string of the molecule is O=C(O)CCCCCNc1[nH+]cnc2ccccc12. The lowest BCUT2D eigenvalue weighted by Gasteiger charge is -2.03. The highest BCUT2D eigenvalue weighted by Crippen LogP contribution is 2.15. The van der Waals surface area contributed by atoms with Crippen LogP contribution in [-0.4, -0.2) is 22.6 Å². The number of carboxylic acid groups (broad SMARTS) is 1. The molecule has 2 aromatic rings. The second-order valence-corrected chi connectivity index (χ2v) is 4.43. The molecule has 0 aliphatic rings. The first-order valence-electron chi connectivity index (χ1n) is 6.48. The number of H-pyrrole nitrogens is 1. The Hall–Kier alpha value is -2.17. The number of nitrogens with zero attached hydrogens (tertiary/aromatic N) is 1. The molecule has 19 heavy (non-hydrogen) atoms. The average Bonchev–Trinajstić information content (AvgIpc) is 2.42. The van der Waals surface area contributed by atoms with Gasteiger partial charge in [-0.1, -0.05) is 12.1 Å². The molecule has 1 heterocycles. The van der Waals surface area contributed by atoms with Crippen LogP contribution in [0.25, 0.3) is 10.9 Å². The number of para-hydroxylation sites is 1. The van der Waals surface area contributed by atoms with Crippen LogP contribution in [0.15, 0.2) is 30.6 Å². The van der Waals surface area contributed by atoms with Crippen molar-refractivity contribution in [1.29, 1.82) is 0 Å². The molecule has 5 heteroatoms. The molecule has 0 fully saturated rings. The molecule has 0 unspecified atom stereocenters. The van der Waals surface area contributed by atoms with Crippen LogP contribution < -0.4 is 10.3 Å². The maximum absolute atomic E-state index is 10.4. The summed E-state index contributed by atoms with van der Waals surface area (Å²) in [6.07, 6.45) is 4.54. The van der Waals surface area contributed by atoms with E-state index in [1.807, 2.05) is 24.3 Å². The molecule has 0 radical (unpaired) electrons. The first-order chi connectivity index (χ1) is 9.27. The van der Waals surface area contributed by atoms with Crippen LogP contribution >= 0.6 is 0 Å². The third-order valence-corrected chi connectivity index (χ3v) is 2.96. The van der Waals surface area contributed by atoms with Crippen molar-refractivity contribution in [3.05, 3.63) is 30.6 Å². The van der Waals surface area contributed by atoms with Crippen LogP contribution in [0.4, 0.5) is 5.82 Å².